The van der Waals surface area contributed by atoms with Crippen LogP contribution in [0.25, 0.3) is 43.6 Å². The van der Waals surface area contributed by atoms with Gasteiger partial charge in [-0.05, 0) is 30.5 Å². The molecule has 0 fully saturated rings. The van der Waals surface area contributed by atoms with Crippen molar-refractivity contribution in [2.45, 2.75) is 26.1 Å². The lowest BCUT2D eigenvalue weighted by Gasteiger charge is -2.32. The van der Waals surface area contributed by atoms with Crippen molar-refractivity contribution in [3.8, 4) is 51.4 Å². The second-order valence-corrected chi connectivity index (χ2v) is 10.5. The number of carbonyl (C=O) groups is 1. The lowest BCUT2D eigenvalue weighted by Crippen LogP contribution is -2.38. The van der Waals surface area contributed by atoms with Crippen molar-refractivity contribution in [2.24, 2.45) is 0 Å². The number of aryl methyl sites for hydroxylation is 1. The summed E-state index contributed by atoms with van der Waals surface area (Å²) >= 11 is 0. The van der Waals surface area contributed by atoms with Crippen LogP contribution in [0.15, 0.2) is 39.5 Å². The molecule has 0 bridgehead atoms. The number of carbonyl (C=O) groups excluding carboxylic acids is 1. The highest BCUT2D eigenvalue weighted by molar-refractivity contribution is 6.20. The second-order valence-electron chi connectivity index (χ2n) is 10.5. The summed E-state index contributed by atoms with van der Waals surface area (Å²) in [7, 11) is 5.72. The second kappa shape index (κ2) is 9.70. The van der Waals surface area contributed by atoms with E-state index in [4.69, 9.17) is 28.1 Å². The van der Waals surface area contributed by atoms with Crippen molar-refractivity contribution in [3.05, 3.63) is 51.9 Å². The van der Waals surface area contributed by atoms with Crippen molar-refractivity contribution in [1.29, 1.82) is 0 Å². The molecule has 222 valence electrons. The number of phenols is 2. The number of phenolic OH excluding ortho intramolecular Hbond substituents is 2. The highest BCUT2D eigenvalue weighted by atomic mass is 16.6. The molecule has 1 aromatic heterocycles. The fourth-order valence-corrected chi connectivity index (χ4v) is 5.89. The number of aromatic hydroxyl groups is 2. The number of rotatable bonds is 5. The van der Waals surface area contributed by atoms with Crippen LogP contribution in [-0.2, 0) is 0 Å². The van der Waals surface area contributed by atoms with E-state index >= 15 is 0 Å². The Morgan fingerprint density at radius 3 is 2.19 bits per heavy atom. The van der Waals surface area contributed by atoms with E-state index in [1.165, 1.54) is 47.5 Å². The van der Waals surface area contributed by atoms with Gasteiger partial charge in [-0.15, -0.1) is 0 Å². The summed E-state index contributed by atoms with van der Waals surface area (Å²) in [4.78, 5) is 26.4. The molecule has 0 spiro atoms. The van der Waals surface area contributed by atoms with Gasteiger partial charge in [0.05, 0.1) is 51.2 Å². The van der Waals surface area contributed by atoms with Crippen molar-refractivity contribution in [1.82, 2.24) is 0 Å². The van der Waals surface area contributed by atoms with Crippen LogP contribution >= 0.6 is 0 Å². The summed E-state index contributed by atoms with van der Waals surface area (Å²) in [5, 5.41) is 34.2. The van der Waals surface area contributed by atoms with E-state index in [2.05, 4.69) is 0 Å². The summed E-state index contributed by atoms with van der Waals surface area (Å²) in [5.74, 6) is -1.93. The van der Waals surface area contributed by atoms with Crippen LogP contribution in [0.4, 0.5) is 0 Å². The zero-order valence-electron chi connectivity index (χ0n) is 24.2. The van der Waals surface area contributed by atoms with Crippen LogP contribution in [0.5, 0.6) is 40.2 Å². The number of Topliss-reactive ketones (excluding diaryl/α,β-unsaturated/α-hetero) is 1. The van der Waals surface area contributed by atoms with E-state index in [1.54, 1.807) is 25.1 Å². The summed E-state index contributed by atoms with van der Waals surface area (Å²) < 4.78 is 35.0. The average Bonchev–Trinajstić information content (AvgIpc) is 2.94. The first-order valence-corrected chi connectivity index (χ1v) is 13.2. The van der Waals surface area contributed by atoms with Gasteiger partial charge in [0, 0.05) is 30.0 Å². The van der Waals surface area contributed by atoms with Crippen molar-refractivity contribution in [2.75, 3.05) is 28.4 Å². The summed E-state index contributed by atoms with van der Waals surface area (Å²) in [5.41, 5.74) is -0.0291. The molecule has 0 aliphatic carbocycles. The Morgan fingerprint density at radius 2 is 1.53 bits per heavy atom. The summed E-state index contributed by atoms with van der Waals surface area (Å²) in [6, 6.07) is 7.47. The first kappa shape index (κ1) is 28.0. The largest absolute Gasteiger partial charge is 0.507 e. The summed E-state index contributed by atoms with van der Waals surface area (Å²) in [6.45, 7) is 2.95. The number of hydrogen-bond donors (Lipinski definition) is 3. The minimum absolute atomic E-state index is 0.0258. The van der Waals surface area contributed by atoms with Crippen LogP contribution in [0.3, 0.4) is 0 Å². The van der Waals surface area contributed by atoms with Crippen molar-refractivity contribution < 1.29 is 48.2 Å². The molecule has 43 heavy (non-hydrogen) atoms. The van der Waals surface area contributed by atoms with Gasteiger partial charge in [-0.2, -0.15) is 0 Å². The van der Waals surface area contributed by atoms with E-state index in [-0.39, 0.29) is 85.1 Å². The zero-order valence-corrected chi connectivity index (χ0v) is 24.2. The third-order valence-corrected chi connectivity index (χ3v) is 7.61. The number of benzene rings is 4. The van der Waals surface area contributed by atoms with Gasteiger partial charge in [0.15, 0.2) is 16.8 Å². The smallest absolute Gasteiger partial charge is 0.212 e. The summed E-state index contributed by atoms with van der Waals surface area (Å²) in [6.07, 6.45) is -0.373. The molecule has 1 aliphatic heterocycles. The molecule has 0 saturated carbocycles. The fourth-order valence-electron chi connectivity index (χ4n) is 5.89. The molecule has 0 amide bonds. The molecule has 1 aliphatic rings. The number of ether oxygens (including phenoxy) is 5. The lowest BCUT2D eigenvalue weighted by atomic mass is 9.88. The van der Waals surface area contributed by atoms with Crippen molar-refractivity contribution >= 4 is 38.3 Å². The van der Waals surface area contributed by atoms with Crippen LogP contribution in [-0.4, -0.2) is 55.3 Å². The normalized spacial score (nSPS) is 16.3. The maximum absolute atomic E-state index is 13.4. The van der Waals surface area contributed by atoms with Crippen LogP contribution in [0, 0.1) is 6.92 Å². The van der Waals surface area contributed by atoms with Crippen LogP contribution in [0.1, 0.15) is 29.5 Å². The molecular weight excluding hydrogens is 560 g/mol. The third kappa shape index (κ3) is 4.07. The maximum atomic E-state index is 13.4. The van der Waals surface area contributed by atoms with Gasteiger partial charge in [0.25, 0.3) is 0 Å². The minimum atomic E-state index is -1.86. The van der Waals surface area contributed by atoms with E-state index in [0.29, 0.717) is 16.5 Å². The maximum Gasteiger partial charge on any atom is 0.212 e. The Bertz CT molecular complexity index is 2070. The van der Waals surface area contributed by atoms with Crippen molar-refractivity contribution in [3.63, 3.8) is 0 Å². The fraction of sp³-hybridized carbons (Fsp3) is 0.250. The monoisotopic (exact) mass is 588 g/mol. The minimum Gasteiger partial charge on any atom is -0.507 e. The number of aliphatic hydroxyl groups is 1. The molecule has 3 N–H and O–H groups in total. The highest BCUT2D eigenvalue weighted by Crippen LogP contribution is 2.56. The average molecular weight is 589 g/mol. The molecule has 4 aromatic carbocycles. The lowest BCUT2D eigenvalue weighted by molar-refractivity contribution is -0.122. The Balaban J connectivity index is 1.93. The topological polar surface area (TPSA) is 154 Å². The molecule has 5 aromatic rings. The first-order chi connectivity index (χ1) is 20.4. The molecule has 11 nitrogen and oxygen atoms in total. The quantitative estimate of drug-likeness (QED) is 0.232. The molecule has 0 radical (unpaired) electrons. The number of methoxy groups -OCH3 is 4. The van der Waals surface area contributed by atoms with Gasteiger partial charge in [0.2, 0.25) is 5.79 Å². The molecule has 11 heteroatoms. The van der Waals surface area contributed by atoms with Gasteiger partial charge in [-0.1, -0.05) is 0 Å². The number of ketones is 1. The molecule has 2 heterocycles. The molecule has 1 unspecified atom stereocenters. The van der Waals surface area contributed by atoms with Crippen LogP contribution in [0.2, 0.25) is 0 Å². The zero-order chi connectivity index (χ0) is 31.0. The third-order valence-electron chi connectivity index (χ3n) is 7.61. The Kier molecular flexibility index (Phi) is 6.31. The standard InChI is InChI=1S/C32H28O11/c1-13-7-17(33)26-28(36)23-16(10-15(38-3)11-21(23)40-5)24(30(26)42-13)27-20(39-4)9-14-8-18(34)25-19(35)12-32(2,37)43-31(25)22(14)29(27)41-6/h7-11,34,36-37H,12H2,1-6H3. The Morgan fingerprint density at radius 1 is 0.814 bits per heavy atom. The molecular formula is C32H28O11. The van der Waals surface area contributed by atoms with Gasteiger partial charge >= 0.3 is 0 Å². The number of fused-ring (bicyclic) bond motifs is 5. The van der Waals surface area contributed by atoms with Gasteiger partial charge in [-0.3, -0.25) is 9.59 Å². The Labute approximate surface area is 244 Å². The van der Waals surface area contributed by atoms with E-state index < -0.39 is 17.0 Å². The predicted molar refractivity (Wildman–Crippen MR) is 157 cm³/mol. The molecule has 6 rings (SSSR count). The van der Waals surface area contributed by atoms with E-state index in [1.807, 2.05) is 0 Å². The van der Waals surface area contributed by atoms with E-state index in [0.717, 1.165) is 0 Å². The molecule has 1 atom stereocenters. The Hall–Kier alpha value is -5.16. The van der Waals surface area contributed by atoms with E-state index in [9.17, 15) is 24.9 Å². The predicted octanol–water partition coefficient (Wildman–Crippen LogP) is 5.19. The highest BCUT2D eigenvalue weighted by Gasteiger charge is 2.39. The molecule has 0 saturated heterocycles. The van der Waals surface area contributed by atoms with Crippen LogP contribution < -0.4 is 29.1 Å². The first-order valence-electron chi connectivity index (χ1n) is 13.2. The van der Waals surface area contributed by atoms with Gasteiger partial charge in [0.1, 0.15) is 57.0 Å². The van der Waals surface area contributed by atoms with Gasteiger partial charge < -0.3 is 43.4 Å². The van der Waals surface area contributed by atoms with Gasteiger partial charge in [-0.25, -0.2) is 0 Å². The SMILES string of the molecule is COc1cc(OC)c2c(O)c3c(=O)cc(C)oc3c(-c3c(OC)cc4cc(O)c5c(c4c3OC)OC(C)(O)CC5=O)c2c1. The number of hydrogen-bond acceptors (Lipinski definition) is 11.